The van der Waals surface area contributed by atoms with Crippen LogP contribution in [0.1, 0.15) is 29.9 Å². The lowest BCUT2D eigenvalue weighted by Gasteiger charge is -2.24. The SMILES string of the molecule is CNCC(O)C(c1ccccc1)c1cccc(OC2CC2)c1. The molecular weight excluding hydrogens is 274 g/mol. The van der Waals surface area contributed by atoms with Crippen molar-refractivity contribution in [2.45, 2.75) is 31.0 Å². The molecule has 0 amide bonds. The van der Waals surface area contributed by atoms with Crippen molar-refractivity contribution in [2.24, 2.45) is 0 Å². The first-order valence-corrected chi connectivity index (χ1v) is 7.92. The zero-order chi connectivity index (χ0) is 15.4. The van der Waals surface area contributed by atoms with Gasteiger partial charge in [0.05, 0.1) is 12.2 Å². The third kappa shape index (κ3) is 3.67. The van der Waals surface area contributed by atoms with Crippen LogP contribution in [-0.4, -0.2) is 30.9 Å². The Morgan fingerprint density at radius 3 is 2.50 bits per heavy atom. The molecule has 1 fully saturated rings. The molecule has 0 aliphatic heterocycles. The minimum absolute atomic E-state index is 0.0589. The van der Waals surface area contributed by atoms with Gasteiger partial charge in [-0.3, -0.25) is 0 Å². The summed E-state index contributed by atoms with van der Waals surface area (Å²) in [6.07, 6.45) is 2.19. The number of aliphatic hydroxyl groups is 1. The van der Waals surface area contributed by atoms with Gasteiger partial charge in [-0.25, -0.2) is 0 Å². The maximum atomic E-state index is 10.6. The van der Waals surface area contributed by atoms with E-state index in [-0.39, 0.29) is 5.92 Å². The van der Waals surface area contributed by atoms with Crippen molar-refractivity contribution in [3.05, 3.63) is 65.7 Å². The average molecular weight is 297 g/mol. The normalized spacial score (nSPS) is 17.0. The summed E-state index contributed by atoms with van der Waals surface area (Å²) in [5.74, 6) is 0.842. The molecule has 1 saturated carbocycles. The van der Waals surface area contributed by atoms with Crippen molar-refractivity contribution in [3.8, 4) is 5.75 Å². The Bertz CT molecular complexity index is 595. The van der Waals surface area contributed by atoms with E-state index < -0.39 is 6.10 Å². The van der Waals surface area contributed by atoms with Gasteiger partial charge in [0.2, 0.25) is 0 Å². The van der Waals surface area contributed by atoms with Gasteiger partial charge in [-0.05, 0) is 43.1 Å². The number of nitrogens with one attached hydrogen (secondary N) is 1. The monoisotopic (exact) mass is 297 g/mol. The molecule has 2 atom stereocenters. The highest BCUT2D eigenvalue weighted by Crippen LogP contribution is 2.32. The number of aliphatic hydroxyl groups excluding tert-OH is 1. The molecule has 22 heavy (non-hydrogen) atoms. The van der Waals surface area contributed by atoms with Gasteiger partial charge in [0.25, 0.3) is 0 Å². The molecule has 1 aliphatic carbocycles. The predicted octanol–water partition coefficient (Wildman–Crippen LogP) is 2.94. The van der Waals surface area contributed by atoms with E-state index in [0.29, 0.717) is 12.6 Å². The van der Waals surface area contributed by atoms with Gasteiger partial charge in [0, 0.05) is 12.5 Å². The van der Waals surface area contributed by atoms with Crippen LogP contribution >= 0.6 is 0 Å². The van der Waals surface area contributed by atoms with Crippen LogP contribution in [0.2, 0.25) is 0 Å². The number of hydrogen-bond donors (Lipinski definition) is 2. The maximum absolute atomic E-state index is 10.6. The highest BCUT2D eigenvalue weighted by molar-refractivity contribution is 5.38. The molecule has 3 nitrogen and oxygen atoms in total. The molecule has 0 radical (unpaired) electrons. The Morgan fingerprint density at radius 1 is 1.09 bits per heavy atom. The molecule has 0 bridgehead atoms. The summed E-state index contributed by atoms with van der Waals surface area (Å²) in [6, 6.07) is 18.3. The minimum atomic E-state index is -0.483. The predicted molar refractivity (Wildman–Crippen MR) is 88.3 cm³/mol. The average Bonchev–Trinajstić information content (AvgIpc) is 3.33. The third-order valence-electron chi connectivity index (χ3n) is 4.00. The van der Waals surface area contributed by atoms with Crippen LogP contribution in [0, 0.1) is 0 Å². The number of ether oxygens (including phenoxy) is 1. The second-order valence-corrected chi connectivity index (χ2v) is 5.90. The summed E-state index contributed by atoms with van der Waals surface area (Å²) in [6.45, 7) is 0.549. The van der Waals surface area contributed by atoms with Gasteiger partial charge in [0.15, 0.2) is 0 Å². The van der Waals surface area contributed by atoms with Crippen LogP contribution < -0.4 is 10.1 Å². The summed E-state index contributed by atoms with van der Waals surface area (Å²) in [7, 11) is 1.86. The van der Waals surface area contributed by atoms with E-state index in [2.05, 4.69) is 29.6 Å². The molecule has 116 valence electrons. The van der Waals surface area contributed by atoms with Crippen LogP contribution in [0.4, 0.5) is 0 Å². The van der Waals surface area contributed by atoms with Crippen molar-refractivity contribution in [2.75, 3.05) is 13.6 Å². The maximum Gasteiger partial charge on any atom is 0.120 e. The van der Waals surface area contributed by atoms with Crippen LogP contribution in [0.15, 0.2) is 54.6 Å². The molecule has 3 heteroatoms. The van der Waals surface area contributed by atoms with Crippen molar-refractivity contribution < 1.29 is 9.84 Å². The Morgan fingerprint density at radius 2 is 1.82 bits per heavy atom. The molecule has 0 aromatic heterocycles. The van der Waals surface area contributed by atoms with Crippen LogP contribution in [0.3, 0.4) is 0 Å². The topological polar surface area (TPSA) is 41.5 Å². The lowest BCUT2D eigenvalue weighted by Crippen LogP contribution is -2.30. The molecule has 0 spiro atoms. The molecule has 1 aliphatic rings. The van der Waals surface area contributed by atoms with Gasteiger partial charge >= 0.3 is 0 Å². The Labute approximate surface area is 131 Å². The second kappa shape index (κ2) is 6.95. The number of likely N-dealkylation sites (N-methyl/N-ethyl adjacent to an activating group) is 1. The third-order valence-corrected chi connectivity index (χ3v) is 4.00. The first-order valence-electron chi connectivity index (χ1n) is 7.92. The molecule has 0 heterocycles. The zero-order valence-electron chi connectivity index (χ0n) is 12.9. The first-order chi connectivity index (χ1) is 10.8. The summed E-state index contributed by atoms with van der Waals surface area (Å²) in [5.41, 5.74) is 2.21. The minimum Gasteiger partial charge on any atom is -0.490 e. The van der Waals surface area contributed by atoms with E-state index in [4.69, 9.17) is 4.74 Å². The molecule has 2 aromatic rings. The van der Waals surface area contributed by atoms with E-state index in [1.807, 2.05) is 37.4 Å². The zero-order valence-corrected chi connectivity index (χ0v) is 12.9. The van der Waals surface area contributed by atoms with Gasteiger partial charge in [-0.2, -0.15) is 0 Å². The molecular formula is C19H23NO2. The smallest absolute Gasteiger partial charge is 0.120 e. The van der Waals surface area contributed by atoms with E-state index in [9.17, 15) is 5.11 Å². The fourth-order valence-electron chi connectivity index (χ4n) is 2.78. The summed E-state index contributed by atoms with van der Waals surface area (Å²) in [5, 5.41) is 13.7. The highest BCUT2D eigenvalue weighted by Gasteiger charge is 2.25. The van der Waals surface area contributed by atoms with Crippen LogP contribution in [0.25, 0.3) is 0 Å². The standard InChI is InChI=1S/C19H23NO2/c1-20-13-18(21)19(14-6-3-2-4-7-14)15-8-5-9-17(12-15)22-16-10-11-16/h2-9,12,16,18-21H,10-11,13H2,1H3. The molecule has 2 aromatic carbocycles. The van der Waals surface area contributed by atoms with Crippen molar-refractivity contribution in [3.63, 3.8) is 0 Å². The van der Waals surface area contributed by atoms with Crippen LogP contribution in [0.5, 0.6) is 5.75 Å². The fraction of sp³-hybridized carbons (Fsp3) is 0.368. The molecule has 0 saturated heterocycles. The Kier molecular flexibility index (Phi) is 4.76. The molecule has 2 unspecified atom stereocenters. The van der Waals surface area contributed by atoms with Crippen molar-refractivity contribution >= 4 is 0 Å². The Balaban J connectivity index is 1.90. The van der Waals surface area contributed by atoms with E-state index in [0.717, 1.165) is 29.7 Å². The molecule has 2 N–H and O–H groups in total. The number of rotatable bonds is 7. The Hall–Kier alpha value is -1.84. The summed E-state index contributed by atoms with van der Waals surface area (Å²) >= 11 is 0. The van der Waals surface area contributed by atoms with Crippen molar-refractivity contribution in [1.82, 2.24) is 5.32 Å². The number of benzene rings is 2. The van der Waals surface area contributed by atoms with Crippen molar-refractivity contribution in [1.29, 1.82) is 0 Å². The van der Waals surface area contributed by atoms with E-state index >= 15 is 0 Å². The van der Waals surface area contributed by atoms with Gasteiger partial charge in [-0.1, -0.05) is 42.5 Å². The first kappa shape index (κ1) is 15.1. The van der Waals surface area contributed by atoms with Gasteiger partial charge in [0.1, 0.15) is 5.75 Å². The van der Waals surface area contributed by atoms with E-state index in [1.165, 1.54) is 0 Å². The lowest BCUT2D eigenvalue weighted by molar-refractivity contribution is 0.156. The quantitative estimate of drug-likeness (QED) is 0.825. The summed E-state index contributed by atoms with van der Waals surface area (Å²) in [4.78, 5) is 0. The fourth-order valence-corrected chi connectivity index (χ4v) is 2.78. The van der Waals surface area contributed by atoms with Gasteiger partial charge in [-0.15, -0.1) is 0 Å². The van der Waals surface area contributed by atoms with Crippen LogP contribution in [-0.2, 0) is 0 Å². The number of hydrogen-bond acceptors (Lipinski definition) is 3. The summed E-state index contributed by atoms with van der Waals surface area (Å²) < 4.78 is 5.89. The highest BCUT2D eigenvalue weighted by atomic mass is 16.5. The van der Waals surface area contributed by atoms with Gasteiger partial charge < -0.3 is 15.2 Å². The largest absolute Gasteiger partial charge is 0.490 e. The van der Waals surface area contributed by atoms with E-state index in [1.54, 1.807) is 0 Å². The lowest BCUT2D eigenvalue weighted by atomic mass is 9.86. The molecule has 3 rings (SSSR count). The second-order valence-electron chi connectivity index (χ2n) is 5.90.